The first-order valence-electron chi connectivity index (χ1n) is 8.61. The van der Waals surface area contributed by atoms with E-state index >= 15 is 0 Å². The van der Waals surface area contributed by atoms with E-state index in [1.807, 2.05) is 30.3 Å². The first kappa shape index (κ1) is 16.9. The molecule has 2 fully saturated rings. The van der Waals surface area contributed by atoms with Crippen LogP contribution in [0.25, 0.3) is 0 Å². The van der Waals surface area contributed by atoms with Crippen LogP contribution in [0, 0.1) is 16.7 Å². The molecule has 1 aromatic rings. The smallest absolute Gasteiger partial charge is 0.243 e. The lowest BCUT2D eigenvalue weighted by atomic mass is 9.73. The molecule has 0 bridgehead atoms. The zero-order chi connectivity index (χ0) is 17.0. The quantitative estimate of drug-likeness (QED) is 0.919. The molecule has 1 aromatic carbocycles. The Kier molecular flexibility index (Phi) is 4.88. The van der Waals surface area contributed by atoms with Gasteiger partial charge in [-0.15, -0.1) is 0 Å². The van der Waals surface area contributed by atoms with Gasteiger partial charge in [0.1, 0.15) is 5.41 Å². The van der Waals surface area contributed by atoms with Crippen molar-refractivity contribution in [3.8, 4) is 6.07 Å². The summed E-state index contributed by atoms with van der Waals surface area (Å²) in [4.78, 5) is 14.9. The zero-order valence-corrected chi connectivity index (χ0v) is 13.9. The number of ether oxygens (including phenoxy) is 1. The van der Waals surface area contributed by atoms with Crippen LogP contribution >= 0.6 is 0 Å². The van der Waals surface area contributed by atoms with Gasteiger partial charge in [0, 0.05) is 31.7 Å². The van der Waals surface area contributed by atoms with Crippen molar-refractivity contribution in [3.63, 3.8) is 0 Å². The number of rotatable bonds is 3. The summed E-state index contributed by atoms with van der Waals surface area (Å²) in [6, 6.07) is 12.2. The van der Waals surface area contributed by atoms with Gasteiger partial charge in [0.15, 0.2) is 0 Å². The van der Waals surface area contributed by atoms with Crippen molar-refractivity contribution in [1.82, 2.24) is 4.90 Å². The molecule has 0 aromatic heterocycles. The van der Waals surface area contributed by atoms with Crippen LogP contribution in [0.4, 0.5) is 0 Å². The second kappa shape index (κ2) is 6.92. The Labute approximate surface area is 142 Å². The van der Waals surface area contributed by atoms with Crippen LogP contribution in [0.2, 0.25) is 0 Å². The SMILES string of the molecule is N#CC1(C(=O)N2CCCC(CO)(c3ccccc3)C2)CCOCC1. The highest BCUT2D eigenvalue weighted by Crippen LogP contribution is 2.38. The van der Waals surface area contributed by atoms with E-state index in [1.165, 1.54) is 0 Å². The molecule has 0 saturated carbocycles. The number of amides is 1. The summed E-state index contributed by atoms with van der Waals surface area (Å²) >= 11 is 0. The summed E-state index contributed by atoms with van der Waals surface area (Å²) in [5, 5.41) is 19.7. The van der Waals surface area contributed by atoms with Crippen molar-refractivity contribution >= 4 is 5.91 Å². The van der Waals surface area contributed by atoms with Crippen LogP contribution in [0.5, 0.6) is 0 Å². The van der Waals surface area contributed by atoms with Gasteiger partial charge in [0.25, 0.3) is 0 Å². The summed E-state index contributed by atoms with van der Waals surface area (Å²) in [6.07, 6.45) is 2.59. The summed E-state index contributed by atoms with van der Waals surface area (Å²) in [5.74, 6) is -0.0956. The second-order valence-corrected chi connectivity index (χ2v) is 6.94. The van der Waals surface area contributed by atoms with Gasteiger partial charge in [0.05, 0.1) is 12.7 Å². The van der Waals surface area contributed by atoms with Crippen molar-refractivity contribution in [3.05, 3.63) is 35.9 Å². The van der Waals surface area contributed by atoms with Crippen molar-refractivity contribution in [2.75, 3.05) is 32.9 Å². The number of hydrogen-bond donors (Lipinski definition) is 1. The molecule has 128 valence electrons. The molecule has 2 saturated heterocycles. The number of aliphatic hydroxyl groups excluding tert-OH is 1. The number of nitriles is 1. The predicted molar refractivity (Wildman–Crippen MR) is 89.1 cm³/mol. The van der Waals surface area contributed by atoms with E-state index in [-0.39, 0.29) is 12.5 Å². The number of likely N-dealkylation sites (tertiary alicyclic amines) is 1. The lowest BCUT2D eigenvalue weighted by Crippen LogP contribution is -2.55. The fourth-order valence-electron chi connectivity index (χ4n) is 3.95. The lowest BCUT2D eigenvalue weighted by Gasteiger charge is -2.45. The molecule has 24 heavy (non-hydrogen) atoms. The van der Waals surface area contributed by atoms with Crippen molar-refractivity contribution < 1.29 is 14.6 Å². The summed E-state index contributed by atoms with van der Waals surface area (Å²) < 4.78 is 5.33. The summed E-state index contributed by atoms with van der Waals surface area (Å²) in [7, 11) is 0. The molecule has 2 aliphatic rings. The maximum absolute atomic E-state index is 13.1. The molecule has 0 aliphatic carbocycles. The highest BCUT2D eigenvalue weighted by Gasteiger charge is 2.46. The Morgan fingerprint density at radius 2 is 1.96 bits per heavy atom. The Balaban J connectivity index is 1.85. The van der Waals surface area contributed by atoms with Crippen molar-refractivity contribution in [2.45, 2.75) is 31.1 Å². The van der Waals surface area contributed by atoms with Gasteiger partial charge in [-0.05, 0) is 31.2 Å². The molecule has 2 aliphatic heterocycles. The number of carbonyl (C=O) groups is 1. The monoisotopic (exact) mass is 328 g/mol. The second-order valence-electron chi connectivity index (χ2n) is 6.94. The minimum Gasteiger partial charge on any atom is -0.395 e. The van der Waals surface area contributed by atoms with Gasteiger partial charge < -0.3 is 14.7 Å². The molecule has 1 atom stereocenters. The lowest BCUT2D eigenvalue weighted by molar-refractivity contribution is -0.146. The molecule has 0 spiro atoms. The van der Waals surface area contributed by atoms with E-state index in [0.29, 0.717) is 39.1 Å². The number of hydrogen-bond acceptors (Lipinski definition) is 4. The molecule has 5 nitrogen and oxygen atoms in total. The highest BCUT2D eigenvalue weighted by atomic mass is 16.5. The fourth-order valence-corrected chi connectivity index (χ4v) is 3.95. The van der Waals surface area contributed by atoms with Crippen molar-refractivity contribution in [2.24, 2.45) is 5.41 Å². The van der Waals surface area contributed by atoms with Gasteiger partial charge in [-0.25, -0.2) is 0 Å². The largest absolute Gasteiger partial charge is 0.395 e. The van der Waals surface area contributed by atoms with Crippen LogP contribution in [0.1, 0.15) is 31.2 Å². The fraction of sp³-hybridized carbons (Fsp3) is 0.579. The summed E-state index contributed by atoms with van der Waals surface area (Å²) in [6.45, 7) is 2.03. The van der Waals surface area contributed by atoms with Crippen LogP contribution in [-0.2, 0) is 14.9 Å². The Morgan fingerprint density at radius 3 is 2.58 bits per heavy atom. The van der Waals surface area contributed by atoms with Gasteiger partial charge in [-0.3, -0.25) is 4.79 Å². The third-order valence-corrected chi connectivity index (χ3v) is 5.52. The molecule has 3 rings (SSSR count). The normalized spacial score (nSPS) is 26.6. The number of nitrogens with zero attached hydrogens (tertiary/aromatic N) is 2. The summed E-state index contributed by atoms with van der Waals surface area (Å²) in [5.41, 5.74) is -0.340. The van der Waals surface area contributed by atoms with Gasteiger partial charge in [-0.2, -0.15) is 5.26 Å². The molecule has 5 heteroatoms. The molecule has 2 heterocycles. The van der Waals surface area contributed by atoms with Crippen LogP contribution < -0.4 is 0 Å². The van der Waals surface area contributed by atoms with E-state index in [2.05, 4.69) is 6.07 Å². The molecular weight excluding hydrogens is 304 g/mol. The zero-order valence-electron chi connectivity index (χ0n) is 13.9. The number of aliphatic hydroxyl groups is 1. The maximum atomic E-state index is 13.1. The third kappa shape index (κ3) is 2.92. The molecule has 1 N–H and O–H groups in total. The number of piperidine rings is 1. The van der Waals surface area contributed by atoms with Crippen LogP contribution in [-0.4, -0.2) is 48.8 Å². The van der Waals surface area contributed by atoms with E-state index < -0.39 is 10.8 Å². The average molecular weight is 328 g/mol. The van der Waals surface area contributed by atoms with E-state index in [0.717, 1.165) is 18.4 Å². The Morgan fingerprint density at radius 1 is 1.25 bits per heavy atom. The van der Waals surface area contributed by atoms with Crippen LogP contribution in [0.15, 0.2) is 30.3 Å². The number of carbonyl (C=O) groups excluding carboxylic acids is 1. The van der Waals surface area contributed by atoms with E-state index in [4.69, 9.17) is 4.74 Å². The van der Waals surface area contributed by atoms with Gasteiger partial charge >= 0.3 is 0 Å². The topological polar surface area (TPSA) is 73.6 Å². The van der Waals surface area contributed by atoms with Crippen molar-refractivity contribution in [1.29, 1.82) is 5.26 Å². The predicted octanol–water partition coefficient (Wildman–Crippen LogP) is 1.86. The average Bonchev–Trinajstić information content (AvgIpc) is 2.68. The first-order chi connectivity index (χ1) is 11.7. The first-order valence-corrected chi connectivity index (χ1v) is 8.61. The molecular formula is C19H24N2O3. The molecule has 0 radical (unpaired) electrons. The maximum Gasteiger partial charge on any atom is 0.243 e. The van der Waals surface area contributed by atoms with E-state index in [9.17, 15) is 15.2 Å². The Bertz CT molecular complexity index is 619. The number of benzene rings is 1. The third-order valence-electron chi connectivity index (χ3n) is 5.52. The minimum absolute atomic E-state index is 0.00343. The molecule has 1 amide bonds. The highest BCUT2D eigenvalue weighted by molar-refractivity contribution is 5.86. The molecule has 1 unspecified atom stereocenters. The van der Waals surface area contributed by atoms with Gasteiger partial charge in [-0.1, -0.05) is 30.3 Å². The van der Waals surface area contributed by atoms with E-state index in [1.54, 1.807) is 4.90 Å². The van der Waals surface area contributed by atoms with Gasteiger partial charge in [0.2, 0.25) is 5.91 Å². The standard InChI is InChI=1S/C19H24N2O3/c20-13-18(8-11-24-12-9-18)17(23)21-10-4-7-19(14-21,15-22)16-5-2-1-3-6-16/h1-3,5-6,22H,4,7-12,14-15H2. The Hall–Kier alpha value is -1.90. The minimum atomic E-state index is -0.965. The van der Waals surface area contributed by atoms with Crippen LogP contribution in [0.3, 0.4) is 0 Å².